The lowest BCUT2D eigenvalue weighted by molar-refractivity contribution is 0.651. The van der Waals surface area contributed by atoms with Crippen LogP contribution in [-0.2, 0) is 11.0 Å². The summed E-state index contributed by atoms with van der Waals surface area (Å²) in [4.78, 5) is 4.12. The van der Waals surface area contributed by atoms with E-state index < -0.39 is 11.0 Å². The number of halogens is 1. The van der Waals surface area contributed by atoms with Crippen LogP contribution in [-0.4, -0.2) is 20.2 Å². The van der Waals surface area contributed by atoms with Gasteiger partial charge in [-0.3, -0.25) is 0 Å². The molecule has 1 aromatic rings. The van der Waals surface area contributed by atoms with E-state index >= 15 is 0 Å². The van der Waals surface area contributed by atoms with Gasteiger partial charge in [0.15, 0.2) is 0 Å². The molecule has 0 saturated carbocycles. The van der Waals surface area contributed by atoms with Crippen LogP contribution in [0.15, 0.2) is 14.4 Å². The Balaban J connectivity index is 2.70. The van der Waals surface area contributed by atoms with E-state index in [1.54, 1.807) is 6.21 Å². The molecule has 0 unspecified atom stereocenters. The molecule has 0 saturated heterocycles. The van der Waals surface area contributed by atoms with Crippen molar-refractivity contribution in [3.63, 3.8) is 0 Å². The summed E-state index contributed by atoms with van der Waals surface area (Å²) in [6, 6.07) is 0. The lowest BCUT2D eigenvalue weighted by Crippen LogP contribution is -2.19. The van der Waals surface area contributed by atoms with Gasteiger partial charge in [-0.15, -0.1) is 11.3 Å². The first-order chi connectivity index (χ1) is 6.39. The molecule has 1 aromatic heterocycles. The molecule has 14 heavy (non-hydrogen) atoms. The standard InChI is InChI=1S/C8H11BrN2OS2/c1-8(2,3)14(12)10-4-7-11-6(9)5-13-7/h4-5H,1-3H3/b10-4+/t14-/m0/s1. The average molecular weight is 295 g/mol. The van der Waals surface area contributed by atoms with Gasteiger partial charge in [0.1, 0.15) is 20.6 Å². The van der Waals surface area contributed by atoms with E-state index in [0.29, 0.717) is 0 Å². The molecule has 0 radical (unpaired) electrons. The van der Waals surface area contributed by atoms with Crippen LogP contribution < -0.4 is 0 Å². The summed E-state index contributed by atoms with van der Waals surface area (Å²) in [7, 11) is -1.21. The lowest BCUT2D eigenvalue weighted by atomic mass is 10.3. The summed E-state index contributed by atoms with van der Waals surface area (Å²) in [5.74, 6) is 0. The molecule has 3 nitrogen and oxygen atoms in total. The fourth-order valence-electron chi connectivity index (χ4n) is 0.577. The van der Waals surface area contributed by atoms with E-state index in [2.05, 4.69) is 25.3 Å². The van der Waals surface area contributed by atoms with Gasteiger partial charge in [0.05, 0.1) is 11.0 Å². The number of aromatic nitrogens is 1. The molecule has 0 amide bonds. The summed E-state index contributed by atoms with van der Waals surface area (Å²) in [5.41, 5.74) is 0. The van der Waals surface area contributed by atoms with Crippen LogP contribution in [0.1, 0.15) is 25.8 Å². The number of hydrogen-bond donors (Lipinski definition) is 0. The number of thiazole rings is 1. The molecule has 0 fully saturated rings. The van der Waals surface area contributed by atoms with Crippen molar-refractivity contribution in [1.29, 1.82) is 0 Å². The lowest BCUT2D eigenvalue weighted by Gasteiger charge is -2.12. The Morgan fingerprint density at radius 2 is 2.29 bits per heavy atom. The van der Waals surface area contributed by atoms with Gasteiger partial charge in [-0.05, 0) is 36.7 Å². The molecule has 0 aromatic carbocycles. The third kappa shape index (κ3) is 3.59. The van der Waals surface area contributed by atoms with Crippen molar-refractivity contribution in [2.24, 2.45) is 4.40 Å². The molecule has 0 aliphatic rings. The number of hydrogen-bond acceptors (Lipinski definition) is 3. The maximum Gasteiger partial charge on any atom is 0.144 e. The second kappa shape index (κ2) is 4.63. The van der Waals surface area contributed by atoms with E-state index in [1.165, 1.54) is 11.3 Å². The van der Waals surface area contributed by atoms with Crippen molar-refractivity contribution >= 4 is 44.5 Å². The van der Waals surface area contributed by atoms with Crippen molar-refractivity contribution in [2.45, 2.75) is 25.5 Å². The first-order valence-electron chi connectivity index (χ1n) is 3.96. The van der Waals surface area contributed by atoms with Crippen LogP contribution in [0.3, 0.4) is 0 Å². The summed E-state index contributed by atoms with van der Waals surface area (Å²) in [6.45, 7) is 5.66. The predicted molar refractivity (Wildman–Crippen MR) is 65.3 cm³/mol. The van der Waals surface area contributed by atoms with Gasteiger partial charge in [0, 0.05) is 5.38 Å². The molecule has 1 atom stereocenters. The fraction of sp³-hybridized carbons (Fsp3) is 0.500. The zero-order valence-corrected chi connectivity index (χ0v) is 11.4. The summed E-state index contributed by atoms with van der Waals surface area (Å²) < 4.78 is 15.9. The molecule has 6 heteroatoms. The Bertz CT molecular complexity index is 368. The molecule has 78 valence electrons. The molecule has 0 bridgehead atoms. The zero-order chi connectivity index (χ0) is 10.8. The van der Waals surface area contributed by atoms with Gasteiger partial charge in [-0.2, -0.15) is 4.40 Å². The third-order valence-electron chi connectivity index (χ3n) is 1.28. The quantitative estimate of drug-likeness (QED) is 0.787. The van der Waals surface area contributed by atoms with Crippen molar-refractivity contribution in [1.82, 2.24) is 4.98 Å². The van der Waals surface area contributed by atoms with Crippen LogP contribution in [0.2, 0.25) is 0 Å². The van der Waals surface area contributed by atoms with E-state index in [4.69, 9.17) is 0 Å². The largest absolute Gasteiger partial charge is 0.234 e. The maximum absolute atomic E-state index is 11.5. The van der Waals surface area contributed by atoms with Crippen LogP contribution >= 0.6 is 27.3 Å². The van der Waals surface area contributed by atoms with Crippen molar-refractivity contribution in [3.8, 4) is 0 Å². The summed E-state index contributed by atoms with van der Waals surface area (Å²) in [5, 5.41) is 2.62. The van der Waals surface area contributed by atoms with Crippen LogP contribution in [0.5, 0.6) is 0 Å². The predicted octanol–water partition coefficient (Wildman–Crippen LogP) is 2.79. The molecule has 0 aliphatic carbocycles. The fourth-order valence-corrected chi connectivity index (χ4v) is 2.28. The highest BCUT2D eigenvalue weighted by molar-refractivity contribution is 9.10. The highest BCUT2D eigenvalue weighted by atomic mass is 79.9. The second-order valence-corrected chi connectivity index (χ2v) is 7.24. The van der Waals surface area contributed by atoms with Gasteiger partial charge in [0.25, 0.3) is 0 Å². The summed E-state index contributed by atoms with van der Waals surface area (Å²) in [6.07, 6.45) is 1.55. The molecule has 1 rings (SSSR count). The third-order valence-corrected chi connectivity index (χ3v) is 4.11. The van der Waals surface area contributed by atoms with E-state index in [0.717, 1.165) is 9.61 Å². The number of rotatable bonds is 2. The molecule has 0 spiro atoms. The maximum atomic E-state index is 11.5. The number of nitrogens with zero attached hydrogens (tertiary/aromatic N) is 2. The van der Waals surface area contributed by atoms with Crippen LogP contribution in [0.25, 0.3) is 0 Å². The SMILES string of the molecule is CC(C)(C)[S@](=O)/N=C/c1nc(Br)cs1. The Hall–Kier alpha value is -0.0700. The normalized spacial score (nSPS) is 14.9. The Kier molecular flexibility index (Phi) is 3.97. The van der Waals surface area contributed by atoms with Crippen LogP contribution in [0, 0.1) is 0 Å². The monoisotopic (exact) mass is 294 g/mol. The highest BCUT2D eigenvalue weighted by Gasteiger charge is 2.18. The zero-order valence-electron chi connectivity index (χ0n) is 8.15. The minimum absolute atomic E-state index is 0.314. The smallest absolute Gasteiger partial charge is 0.144 e. The average Bonchev–Trinajstić information content (AvgIpc) is 2.45. The second-order valence-electron chi connectivity index (χ2n) is 3.60. The topological polar surface area (TPSA) is 42.3 Å². The summed E-state index contributed by atoms with van der Waals surface area (Å²) >= 11 is 4.70. The Morgan fingerprint density at radius 3 is 2.71 bits per heavy atom. The molecule has 0 aliphatic heterocycles. The molecular formula is C8H11BrN2OS2. The van der Waals surface area contributed by atoms with Gasteiger partial charge in [0.2, 0.25) is 0 Å². The van der Waals surface area contributed by atoms with E-state index in [9.17, 15) is 4.21 Å². The minimum Gasteiger partial charge on any atom is -0.234 e. The van der Waals surface area contributed by atoms with Crippen molar-refractivity contribution in [2.75, 3.05) is 0 Å². The van der Waals surface area contributed by atoms with E-state index in [-0.39, 0.29) is 4.75 Å². The minimum atomic E-state index is -1.21. The van der Waals surface area contributed by atoms with Gasteiger partial charge in [-0.1, -0.05) is 0 Å². The van der Waals surface area contributed by atoms with Crippen LogP contribution in [0.4, 0.5) is 0 Å². The molecule has 1 heterocycles. The molecule has 0 N–H and O–H groups in total. The first-order valence-corrected chi connectivity index (χ1v) is 6.74. The van der Waals surface area contributed by atoms with Gasteiger partial charge in [-0.25, -0.2) is 9.19 Å². The van der Waals surface area contributed by atoms with Gasteiger partial charge >= 0.3 is 0 Å². The van der Waals surface area contributed by atoms with E-state index in [1.807, 2.05) is 26.2 Å². The first kappa shape index (κ1) is 12.0. The Labute approximate surface area is 98.4 Å². The van der Waals surface area contributed by atoms with Crippen molar-refractivity contribution in [3.05, 3.63) is 15.0 Å². The molecular weight excluding hydrogens is 284 g/mol. The highest BCUT2D eigenvalue weighted by Crippen LogP contribution is 2.15. The van der Waals surface area contributed by atoms with Gasteiger partial charge < -0.3 is 0 Å². The Morgan fingerprint density at radius 1 is 1.64 bits per heavy atom. The van der Waals surface area contributed by atoms with Crippen molar-refractivity contribution < 1.29 is 4.21 Å².